The third kappa shape index (κ3) is 3.85. The van der Waals surface area contributed by atoms with Crippen molar-refractivity contribution in [1.29, 1.82) is 0 Å². The molecule has 94 valence electrons. The first-order chi connectivity index (χ1) is 8.23. The van der Waals surface area contributed by atoms with Crippen LogP contribution >= 0.6 is 0 Å². The van der Waals surface area contributed by atoms with E-state index in [2.05, 4.69) is 49.5 Å². The van der Waals surface area contributed by atoms with E-state index in [0.29, 0.717) is 11.5 Å². The second-order valence-electron chi connectivity index (χ2n) is 5.80. The van der Waals surface area contributed by atoms with Crippen molar-refractivity contribution < 1.29 is 0 Å². The van der Waals surface area contributed by atoms with Crippen molar-refractivity contribution in [1.82, 2.24) is 5.32 Å². The first-order valence-electron chi connectivity index (χ1n) is 7.02. The summed E-state index contributed by atoms with van der Waals surface area (Å²) in [5.41, 5.74) is 2.05. The summed E-state index contributed by atoms with van der Waals surface area (Å²) in [6, 6.07) is 11.4. The molecule has 1 unspecified atom stereocenters. The van der Waals surface area contributed by atoms with E-state index in [-0.39, 0.29) is 0 Å². The normalized spacial score (nSPS) is 18.9. The second-order valence-corrected chi connectivity index (χ2v) is 5.80. The summed E-state index contributed by atoms with van der Waals surface area (Å²) in [6.45, 7) is 5.84. The number of hydrogen-bond acceptors (Lipinski definition) is 1. The van der Waals surface area contributed by atoms with Gasteiger partial charge in [0, 0.05) is 12.6 Å². The molecule has 1 aliphatic carbocycles. The highest BCUT2D eigenvalue weighted by Gasteiger charge is 2.37. The predicted molar refractivity (Wildman–Crippen MR) is 74.1 cm³/mol. The van der Waals surface area contributed by atoms with Crippen LogP contribution in [0.25, 0.3) is 0 Å². The van der Waals surface area contributed by atoms with Crippen molar-refractivity contribution >= 4 is 0 Å². The number of unbranched alkanes of at least 4 members (excludes halogenated alkanes) is 1. The first kappa shape index (κ1) is 12.6. The Morgan fingerprint density at radius 3 is 2.53 bits per heavy atom. The lowest BCUT2D eigenvalue weighted by Crippen LogP contribution is -2.27. The molecule has 1 fully saturated rings. The summed E-state index contributed by atoms with van der Waals surface area (Å²) >= 11 is 0. The van der Waals surface area contributed by atoms with Crippen LogP contribution in [0, 0.1) is 5.41 Å². The summed E-state index contributed by atoms with van der Waals surface area (Å²) < 4.78 is 0. The highest BCUT2D eigenvalue weighted by molar-refractivity contribution is 5.19. The van der Waals surface area contributed by atoms with Crippen LogP contribution in [0.4, 0.5) is 0 Å². The molecule has 0 radical (unpaired) electrons. The van der Waals surface area contributed by atoms with Crippen molar-refractivity contribution in [2.24, 2.45) is 5.41 Å². The van der Waals surface area contributed by atoms with Crippen LogP contribution in [0.15, 0.2) is 30.3 Å². The lowest BCUT2D eigenvalue weighted by atomic mass is 10.00. The van der Waals surface area contributed by atoms with Crippen molar-refractivity contribution in [3.8, 4) is 0 Å². The molecule has 1 saturated carbocycles. The summed E-state index contributed by atoms with van der Waals surface area (Å²) in [5, 5.41) is 3.77. The molecule has 1 nitrogen and oxygen atoms in total. The molecule has 2 rings (SSSR count). The van der Waals surface area contributed by atoms with Gasteiger partial charge in [0.15, 0.2) is 0 Å². The summed E-state index contributed by atoms with van der Waals surface area (Å²) in [5.74, 6) is 0. The van der Waals surface area contributed by atoms with Gasteiger partial charge in [-0.3, -0.25) is 0 Å². The van der Waals surface area contributed by atoms with Gasteiger partial charge in [-0.2, -0.15) is 0 Å². The lowest BCUT2D eigenvalue weighted by molar-refractivity contribution is 0.416. The zero-order chi connectivity index (χ0) is 12.1. The van der Waals surface area contributed by atoms with Gasteiger partial charge in [0.25, 0.3) is 0 Å². The molecule has 0 saturated heterocycles. The molecular formula is C16H25N. The highest BCUT2D eigenvalue weighted by atomic mass is 14.9. The fourth-order valence-corrected chi connectivity index (χ4v) is 2.24. The molecule has 0 aliphatic heterocycles. The third-order valence-electron chi connectivity index (χ3n) is 3.93. The number of benzene rings is 1. The topological polar surface area (TPSA) is 12.0 Å². The lowest BCUT2D eigenvalue weighted by Gasteiger charge is -2.21. The number of rotatable bonds is 7. The quantitative estimate of drug-likeness (QED) is 0.737. The van der Waals surface area contributed by atoms with Crippen LogP contribution in [0.1, 0.15) is 57.6 Å². The van der Waals surface area contributed by atoms with E-state index in [1.54, 1.807) is 0 Å². The monoisotopic (exact) mass is 231 g/mol. The minimum absolute atomic E-state index is 0.550. The molecule has 1 atom stereocenters. The minimum atomic E-state index is 0.550. The fourth-order valence-electron chi connectivity index (χ4n) is 2.24. The van der Waals surface area contributed by atoms with Gasteiger partial charge < -0.3 is 5.32 Å². The average molecular weight is 231 g/mol. The maximum atomic E-state index is 3.77. The van der Waals surface area contributed by atoms with Gasteiger partial charge in [-0.25, -0.2) is 0 Å². The van der Waals surface area contributed by atoms with E-state index in [4.69, 9.17) is 0 Å². The smallest absolute Gasteiger partial charge is 0.0320 e. The van der Waals surface area contributed by atoms with Crippen LogP contribution in [0.5, 0.6) is 0 Å². The Bertz CT molecular complexity index is 327. The van der Waals surface area contributed by atoms with Gasteiger partial charge in [0.1, 0.15) is 0 Å². The molecule has 17 heavy (non-hydrogen) atoms. The van der Waals surface area contributed by atoms with Crippen molar-refractivity contribution in [2.75, 3.05) is 6.54 Å². The largest absolute Gasteiger partial charge is 0.309 e. The molecule has 1 aromatic carbocycles. The fraction of sp³-hybridized carbons (Fsp3) is 0.625. The first-order valence-corrected chi connectivity index (χ1v) is 7.02. The van der Waals surface area contributed by atoms with Crippen LogP contribution in [-0.4, -0.2) is 6.54 Å². The van der Waals surface area contributed by atoms with E-state index >= 15 is 0 Å². The Morgan fingerprint density at radius 1 is 1.24 bits per heavy atom. The molecule has 1 aromatic rings. The summed E-state index contributed by atoms with van der Waals surface area (Å²) in [7, 11) is 0. The Balaban J connectivity index is 1.92. The van der Waals surface area contributed by atoms with E-state index in [1.165, 1.54) is 44.2 Å². The zero-order valence-corrected chi connectivity index (χ0v) is 11.2. The van der Waals surface area contributed by atoms with E-state index in [9.17, 15) is 0 Å². The Hall–Kier alpha value is -0.820. The average Bonchev–Trinajstić information content (AvgIpc) is 3.09. The van der Waals surface area contributed by atoms with E-state index < -0.39 is 0 Å². The molecule has 1 aliphatic rings. The minimum Gasteiger partial charge on any atom is -0.309 e. The third-order valence-corrected chi connectivity index (χ3v) is 3.93. The zero-order valence-electron chi connectivity index (χ0n) is 11.2. The molecule has 0 aromatic heterocycles. The highest BCUT2D eigenvalue weighted by Crippen LogP contribution is 2.44. The molecule has 0 spiro atoms. The Morgan fingerprint density at radius 2 is 1.94 bits per heavy atom. The van der Waals surface area contributed by atoms with Gasteiger partial charge in [0.05, 0.1) is 0 Å². The Labute approximate surface area is 106 Å². The number of nitrogens with one attached hydrogen (secondary N) is 1. The predicted octanol–water partition coefficient (Wildman–Crippen LogP) is 4.31. The molecule has 1 N–H and O–H groups in total. The molecule has 0 amide bonds. The summed E-state index contributed by atoms with van der Waals surface area (Å²) in [4.78, 5) is 0. The molecule has 0 bridgehead atoms. The van der Waals surface area contributed by atoms with E-state index in [1.807, 2.05) is 0 Å². The van der Waals surface area contributed by atoms with Gasteiger partial charge in [-0.1, -0.05) is 57.0 Å². The van der Waals surface area contributed by atoms with Gasteiger partial charge in [-0.15, -0.1) is 0 Å². The maximum absolute atomic E-state index is 3.77. The second kappa shape index (κ2) is 5.68. The van der Waals surface area contributed by atoms with Crippen LogP contribution in [0.2, 0.25) is 0 Å². The van der Waals surface area contributed by atoms with Crippen molar-refractivity contribution in [2.45, 2.75) is 52.0 Å². The van der Waals surface area contributed by atoms with Crippen molar-refractivity contribution in [3.63, 3.8) is 0 Å². The van der Waals surface area contributed by atoms with Gasteiger partial charge in [0.2, 0.25) is 0 Å². The number of hydrogen-bond donors (Lipinski definition) is 1. The molecular weight excluding hydrogens is 206 g/mol. The molecule has 1 heteroatoms. The van der Waals surface area contributed by atoms with Crippen molar-refractivity contribution in [3.05, 3.63) is 35.9 Å². The van der Waals surface area contributed by atoms with Crippen LogP contribution in [-0.2, 0) is 0 Å². The summed E-state index contributed by atoms with van der Waals surface area (Å²) in [6.07, 6.45) is 6.65. The van der Waals surface area contributed by atoms with Gasteiger partial charge in [-0.05, 0) is 30.2 Å². The van der Waals surface area contributed by atoms with E-state index in [0.717, 1.165) is 0 Å². The standard InChI is InChI=1S/C16H25N/c1-3-4-10-15(14-8-6-5-7-9-14)17-13-16(2)11-12-16/h5-9,15,17H,3-4,10-13H2,1-2H3. The SMILES string of the molecule is CCCCC(NCC1(C)CC1)c1ccccc1. The Kier molecular flexibility index (Phi) is 4.22. The maximum Gasteiger partial charge on any atom is 0.0320 e. The van der Waals surface area contributed by atoms with Gasteiger partial charge >= 0.3 is 0 Å². The van der Waals surface area contributed by atoms with Crippen LogP contribution < -0.4 is 5.32 Å². The van der Waals surface area contributed by atoms with Crippen LogP contribution in [0.3, 0.4) is 0 Å². The molecule has 0 heterocycles.